The predicted octanol–water partition coefficient (Wildman–Crippen LogP) is 3.39. The largest absolute Gasteiger partial charge is 0.493 e. The van der Waals surface area contributed by atoms with E-state index in [9.17, 15) is 9.59 Å². The van der Waals surface area contributed by atoms with Gasteiger partial charge in [-0.25, -0.2) is 9.79 Å². The van der Waals surface area contributed by atoms with Crippen molar-refractivity contribution in [2.24, 2.45) is 4.99 Å². The highest BCUT2D eigenvalue weighted by Crippen LogP contribution is 2.36. The van der Waals surface area contributed by atoms with Crippen molar-refractivity contribution in [1.82, 2.24) is 4.57 Å². The Morgan fingerprint density at radius 2 is 1.74 bits per heavy atom. The molecule has 0 aliphatic carbocycles. The summed E-state index contributed by atoms with van der Waals surface area (Å²) in [5.74, 6) is 1.56. The number of ether oxygens (including phenoxy) is 5. The van der Waals surface area contributed by atoms with Gasteiger partial charge < -0.3 is 23.7 Å². The lowest BCUT2D eigenvalue weighted by atomic mass is 9.95. The van der Waals surface area contributed by atoms with E-state index < -0.39 is 12.0 Å². The van der Waals surface area contributed by atoms with Crippen molar-refractivity contribution in [2.75, 3.05) is 34.5 Å². The molecule has 0 bridgehead atoms. The van der Waals surface area contributed by atoms with Gasteiger partial charge >= 0.3 is 5.97 Å². The van der Waals surface area contributed by atoms with Gasteiger partial charge in [-0.1, -0.05) is 36.1 Å². The van der Waals surface area contributed by atoms with Crippen LogP contribution in [0.25, 0.3) is 6.08 Å². The molecule has 2 heterocycles. The number of aromatic nitrogens is 1. The fourth-order valence-electron chi connectivity index (χ4n) is 4.32. The molecular weight excluding hydrogens is 520 g/mol. The Balaban J connectivity index is 1.92. The van der Waals surface area contributed by atoms with Gasteiger partial charge in [0.2, 0.25) is 0 Å². The molecule has 2 aromatic carbocycles. The molecule has 1 aliphatic heterocycles. The molecule has 1 atom stereocenters. The van der Waals surface area contributed by atoms with Gasteiger partial charge in [0.15, 0.2) is 27.8 Å². The summed E-state index contributed by atoms with van der Waals surface area (Å²) in [6.07, 6.45) is 3.40. The van der Waals surface area contributed by atoms with E-state index in [4.69, 9.17) is 23.7 Å². The van der Waals surface area contributed by atoms with Crippen LogP contribution >= 0.6 is 11.3 Å². The standard InChI is InChI=1S/C29H30N2O7S/c1-7-13-38-21-12-10-19(16-23(21)36-6)26-25(28(33)37-8-2)17(3)30-29-31(26)27(32)24(39-29)15-18-9-11-20(34-4)22(14-18)35-5/h7,9-12,14-16,26H,1,8,13H2,2-6H3/b24-15-. The summed E-state index contributed by atoms with van der Waals surface area (Å²) in [7, 11) is 4.64. The van der Waals surface area contributed by atoms with E-state index in [1.54, 1.807) is 70.6 Å². The maximum absolute atomic E-state index is 13.9. The van der Waals surface area contributed by atoms with E-state index in [0.29, 0.717) is 50.2 Å². The highest BCUT2D eigenvalue weighted by molar-refractivity contribution is 7.07. The van der Waals surface area contributed by atoms with Gasteiger partial charge in [0, 0.05) is 0 Å². The second kappa shape index (κ2) is 12.0. The third kappa shape index (κ3) is 5.46. The zero-order valence-electron chi connectivity index (χ0n) is 22.5. The van der Waals surface area contributed by atoms with Crippen molar-refractivity contribution in [3.8, 4) is 23.0 Å². The van der Waals surface area contributed by atoms with Gasteiger partial charge in [0.1, 0.15) is 6.61 Å². The summed E-state index contributed by atoms with van der Waals surface area (Å²) in [6, 6.07) is 9.91. The molecule has 0 fully saturated rings. The average Bonchev–Trinajstić information content (AvgIpc) is 3.24. The van der Waals surface area contributed by atoms with E-state index in [-0.39, 0.29) is 17.7 Å². The highest BCUT2D eigenvalue weighted by atomic mass is 32.1. The van der Waals surface area contributed by atoms with Gasteiger partial charge in [-0.2, -0.15) is 0 Å². The number of hydrogen-bond donors (Lipinski definition) is 0. The molecule has 1 aromatic heterocycles. The number of allylic oxidation sites excluding steroid dienone is 1. The number of carbonyl (C=O) groups excluding carboxylic acids is 1. The first-order chi connectivity index (χ1) is 18.9. The summed E-state index contributed by atoms with van der Waals surface area (Å²) in [5.41, 5.74) is 1.86. The Labute approximate surface area is 229 Å². The number of benzene rings is 2. The molecule has 204 valence electrons. The second-order valence-electron chi connectivity index (χ2n) is 8.43. The molecule has 1 aliphatic rings. The lowest BCUT2D eigenvalue weighted by Gasteiger charge is -2.25. The van der Waals surface area contributed by atoms with Crippen LogP contribution in [0.4, 0.5) is 0 Å². The normalized spacial score (nSPS) is 14.8. The van der Waals surface area contributed by atoms with Crippen molar-refractivity contribution in [3.05, 3.63) is 91.1 Å². The van der Waals surface area contributed by atoms with Crippen molar-refractivity contribution < 1.29 is 28.5 Å². The average molecular weight is 551 g/mol. The quantitative estimate of drug-likeness (QED) is 0.282. The molecule has 3 aromatic rings. The summed E-state index contributed by atoms with van der Waals surface area (Å²) in [4.78, 5) is 32.1. The van der Waals surface area contributed by atoms with E-state index in [1.807, 2.05) is 6.07 Å². The number of carbonyl (C=O) groups is 1. The number of hydrogen-bond acceptors (Lipinski definition) is 9. The molecule has 0 saturated heterocycles. The molecule has 0 amide bonds. The van der Waals surface area contributed by atoms with E-state index >= 15 is 0 Å². The second-order valence-corrected chi connectivity index (χ2v) is 9.44. The maximum Gasteiger partial charge on any atom is 0.338 e. The molecule has 9 nitrogen and oxygen atoms in total. The van der Waals surface area contributed by atoms with Crippen LogP contribution in [0.2, 0.25) is 0 Å². The zero-order chi connectivity index (χ0) is 28.1. The number of nitrogens with zero attached hydrogens (tertiary/aromatic N) is 2. The van der Waals surface area contributed by atoms with E-state index in [2.05, 4.69) is 11.6 Å². The van der Waals surface area contributed by atoms with Crippen LogP contribution in [0, 0.1) is 0 Å². The number of fused-ring (bicyclic) bond motifs is 1. The van der Waals surface area contributed by atoms with E-state index in [0.717, 1.165) is 5.56 Å². The van der Waals surface area contributed by atoms with E-state index in [1.165, 1.54) is 23.0 Å². The third-order valence-electron chi connectivity index (χ3n) is 6.08. The molecule has 39 heavy (non-hydrogen) atoms. The van der Waals surface area contributed by atoms with Crippen LogP contribution < -0.4 is 33.8 Å². The molecular formula is C29H30N2O7S. The first-order valence-electron chi connectivity index (χ1n) is 12.2. The minimum absolute atomic E-state index is 0.184. The van der Waals surface area contributed by atoms with Crippen LogP contribution in [0.3, 0.4) is 0 Å². The molecule has 1 unspecified atom stereocenters. The first-order valence-corrected chi connectivity index (χ1v) is 13.0. The number of rotatable bonds is 10. The molecule has 0 N–H and O–H groups in total. The van der Waals surface area contributed by atoms with Crippen molar-refractivity contribution >= 4 is 23.4 Å². The van der Waals surface area contributed by atoms with Crippen molar-refractivity contribution in [3.63, 3.8) is 0 Å². The number of thiazole rings is 1. The Bertz CT molecular complexity index is 1620. The minimum Gasteiger partial charge on any atom is -0.493 e. The maximum atomic E-state index is 13.9. The predicted molar refractivity (Wildman–Crippen MR) is 149 cm³/mol. The van der Waals surface area contributed by atoms with Crippen molar-refractivity contribution in [2.45, 2.75) is 19.9 Å². The lowest BCUT2D eigenvalue weighted by molar-refractivity contribution is -0.139. The van der Waals surface area contributed by atoms with Crippen LogP contribution in [-0.2, 0) is 9.53 Å². The summed E-state index contributed by atoms with van der Waals surface area (Å²) < 4.78 is 29.3. The molecule has 0 spiro atoms. The minimum atomic E-state index is -0.782. The van der Waals surface area contributed by atoms with Gasteiger partial charge in [0.05, 0.1) is 49.8 Å². The molecule has 0 saturated carbocycles. The first kappa shape index (κ1) is 27.7. The smallest absolute Gasteiger partial charge is 0.338 e. The molecule has 10 heteroatoms. The SMILES string of the molecule is C=CCOc1ccc(C2C(C(=O)OCC)=C(C)N=c3s/c(=C\c4ccc(OC)c(OC)c4)c(=O)n32)cc1OC. The summed E-state index contributed by atoms with van der Waals surface area (Å²) >= 11 is 1.24. The fourth-order valence-corrected chi connectivity index (χ4v) is 5.37. The number of methoxy groups -OCH3 is 3. The third-order valence-corrected chi connectivity index (χ3v) is 7.07. The fraction of sp³-hybridized carbons (Fsp3) is 0.276. The van der Waals surface area contributed by atoms with Crippen molar-refractivity contribution in [1.29, 1.82) is 0 Å². The van der Waals surface area contributed by atoms with Crippen LogP contribution in [-0.4, -0.2) is 45.1 Å². The Kier molecular flexibility index (Phi) is 8.55. The lowest BCUT2D eigenvalue weighted by Crippen LogP contribution is -2.40. The zero-order valence-corrected chi connectivity index (χ0v) is 23.3. The van der Waals surface area contributed by atoms with Gasteiger partial charge in [0.25, 0.3) is 5.56 Å². The Morgan fingerprint density at radius 1 is 1.05 bits per heavy atom. The number of esters is 1. The Morgan fingerprint density at radius 3 is 2.41 bits per heavy atom. The highest BCUT2D eigenvalue weighted by Gasteiger charge is 2.34. The van der Waals surface area contributed by atoms with Gasteiger partial charge in [-0.3, -0.25) is 9.36 Å². The topological polar surface area (TPSA) is 97.6 Å². The van der Waals surface area contributed by atoms with Crippen LogP contribution in [0.15, 0.2) is 70.1 Å². The summed E-state index contributed by atoms with van der Waals surface area (Å²) in [5, 5.41) is 0. The summed E-state index contributed by atoms with van der Waals surface area (Å²) in [6.45, 7) is 7.63. The monoisotopic (exact) mass is 550 g/mol. The van der Waals surface area contributed by atoms with Crippen LogP contribution in [0.1, 0.15) is 31.0 Å². The van der Waals surface area contributed by atoms with Crippen LogP contribution in [0.5, 0.6) is 23.0 Å². The molecule has 0 radical (unpaired) electrons. The molecule has 4 rings (SSSR count). The Hall–Kier alpha value is -4.31. The van der Waals surface area contributed by atoms with Gasteiger partial charge in [-0.15, -0.1) is 0 Å². The van der Waals surface area contributed by atoms with Gasteiger partial charge in [-0.05, 0) is 55.3 Å².